The van der Waals surface area contributed by atoms with Crippen LogP contribution in [0, 0.1) is 5.41 Å². The number of carbonyl (C=O) groups is 2. The largest absolute Gasteiger partial charge is 0.476 e. The van der Waals surface area contributed by atoms with Crippen molar-refractivity contribution in [3.63, 3.8) is 0 Å². The van der Waals surface area contributed by atoms with Gasteiger partial charge < -0.3 is 15.3 Å². The van der Waals surface area contributed by atoms with Gasteiger partial charge in [-0.05, 0) is 18.3 Å². The maximum absolute atomic E-state index is 12.1. The molecule has 6 nitrogen and oxygen atoms in total. The molecule has 1 aromatic rings. The third-order valence-electron chi connectivity index (χ3n) is 3.35. The van der Waals surface area contributed by atoms with E-state index in [4.69, 9.17) is 5.11 Å². The maximum atomic E-state index is 12.1. The van der Waals surface area contributed by atoms with Crippen LogP contribution < -0.4 is 5.32 Å². The Labute approximate surface area is 121 Å². The van der Waals surface area contributed by atoms with Gasteiger partial charge in [0.15, 0.2) is 5.69 Å². The van der Waals surface area contributed by atoms with Crippen molar-refractivity contribution < 1.29 is 14.7 Å². The molecule has 1 aliphatic heterocycles. The van der Waals surface area contributed by atoms with Crippen molar-refractivity contribution >= 4 is 23.3 Å². The fraction of sp³-hybridized carbons (Fsp3) is 0.615. The van der Waals surface area contributed by atoms with E-state index in [-0.39, 0.29) is 23.7 Å². The number of amides is 2. The molecule has 2 N–H and O–H groups in total. The summed E-state index contributed by atoms with van der Waals surface area (Å²) in [5.74, 6) is -1.04. The number of piperidine rings is 1. The highest BCUT2D eigenvalue weighted by atomic mass is 32.1. The van der Waals surface area contributed by atoms with E-state index >= 15 is 0 Å². The van der Waals surface area contributed by atoms with E-state index in [2.05, 4.69) is 24.1 Å². The number of aromatic carboxylic acids is 1. The second-order valence-electron chi connectivity index (χ2n) is 5.78. The third kappa shape index (κ3) is 3.69. The molecule has 0 radical (unpaired) electrons. The number of nitrogens with zero attached hydrogens (tertiary/aromatic N) is 2. The predicted octanol–water partition coefficient (Wildman–Crippen LogP) is 2.17. The Balaban J connectivity index is 1.86. The summed E-state index contributed by atoms with van der Waals surface area (Å²) in [4.78, 5) is 28.6. The Hall–Kier alpha value is -1.63. The summed E-state index contributed by atoms with van der Waals surface area (Å²) in [5.41, 5.74) is 0.186. The fourth-order valence-corrected chi connectivity index (χ4v) is 3.06. The van der Waals surface area contributed by atoms with Gasteiger partial charge in [-0.1, -0.05) is 13.8 Å². The number of carboxylic acids is 1. The Morgan fingerprint density at radius 3 is 2.90 bits per heavy atom. The number of hydrogen-bond acceptors (Lipinski definition) is 4. The SMILES string of the molecule is CC1(C)CCCN(C(=O)NCc2nc(C(=O)O)cs2)C1. The van der Waals surface area contributed by atoms with Crippen LogP contribution in [0.25, 0.3) is 0 Å². The molecule has 0 aromatic carbocycles. The number of carbonyl (C=O) groups excluding carboxylic acids is 1. The van der Waals surface area contributed by atoms with Crippen molar-refractivity contribution in [1.29, 1.82) is 0 Å². The lowest BCUT2D eigenvalue weighted by Crippen LogP contribution is -2.47. The molecule has 0 saturated carbocycles. The van der Waals surface area contributed by atoms with Crippen molar-refractivity contribution in [2.24, 2.45) is 5.41 Å². The van der Waals surface area contributed by atoms with Gasteiger partial charge >= 0.3 is 12.0 Å². The van der Waals surface area contributed by atoms with E-state index in [1.54, 1.807) is 0 Å². The molecule has 2 heterocycles. The van der Waals surface area contributed by atoms with Gasteiger partial charge in [-0.2, -0.15) is 0 Å². The number of thiazole rings is 1. The molecule has 1 saturated heterocycles. The first kappa shape index (κ1) is 14.8. The molecule has 20 heavy (non-hydrogen) atoms. The molecule has 2 rings (SSSR count). The standard InChI is InChI=1S/C13H19N3O3S/c1-13(2)4-3-5-16(8-13)12(19)14-6-10-15-9(7-20-10)11(17)18/h7H,3-6,8H2,1-2H3,(H,14,19)(H,17,18). The first-order valence-electron chi connectivity index (χ1n) is 6.58. The van der Waals surface area contributed by atoms with Gasteiger partial charge in [0.2, 0.25) is 0 Å². The number of hydrogen-bond donors (Lipinski definition) is 2. The minimum Gasteiger partial charge on any atom is -0.476 e. The Kier molecular flexibility index (Phi) is 4.27. The van der Waals surface area contributed by atoms with E-state index in [0.29, 0.717) is 5.01 Å². The van der Waals surface area contributed by atoms with Crippen LogP contribution in [-0.2, 0) is 6.54 Å². The van der Waals surface area contributed by atoms with Crippen LogP contribution in [0.3, 0.4) is 0 Å². The maximum Gasteiger partial charge on any atom is 0.355 e. The lowest BCUT2D eigenvalue weighted by Gasteiger charge is -2.37. The van der Waals surface area contributed by atoms with Crippen molar-refractivity contribution in [3.8, 4) is 0 Å². The van der Waals surface area contributed by atoms with Crippen LogP contribution in [0.4, 0.5) is 4.79 Å². The molecular weight excluding hydrogens is 278 g/mol. The average molecular weight is 297 g/mol. The molecule has 0 unspecified atom stereocenters. The number of carboxylic acid groups (broad SMARTS) is 1. The lowest BCUT2D eigenvalue weighted by molar-refractivity contribution is 0.0691. The predicted molar refractivity (Wildman–Crippen MR) is 75.9 cm³/mol. The highest BCUT2D eigenvalue weighted by Gasteiger charge is 2.28. The van der Waals surface area contributed by atoms with Gasteiger partial charge in [0.25, 0.3) is 0 Å². The summed E-state index contributed by atoms with van der Waals surface area (Å²) in [6.45, 7) is 6.11. The molecule has 1 fully saturated rings. The number of likely N-dealkylation sites (tertiary alicyclic amines) is 1. The van der Waals surface area contributed by atoms with Crippen LogP contribution in [0.15, 0.2) is 5.38 Å². The van der Waals surface area contributed by atoms with Gasteiger partial charge in [-0.15, -0.1) is 11.3 Å². The zero-order chi connectivity index (χ0) is 14.8. The van der Waals surface area contributed by atoms with Crippen molar-refractivity contribution in [1.82, 2.24) is 15.2 Å². The molecule has 0 bridgehead atoms. The van der Waals surface area contributed by atoms with Crippen LogP contribution in [0.1, 0.15) is 42.2 Å². The zero-order valence-corrected chi connectivity index (χ0v) is 12.5. The second-order valence-corrected chi connectivity index (χ2v) is 6.72. The van der Waals surface area contributed by atoms with Crippen LogP contribution >= 0.6 is 11.3 Å². The summed E-state index contributed by atoms with van der Waals surface area (Å²) < 4.78 is 0. The second kappa shape index (κ2) is 5.78. The van der Waals surface area contributed by atoms with Crippen molar-refractivity contribution in [2.45, 2.75) is 33.2 Å². The topological polar surface area (TPSA) is 82.5 Å². The smallest absolute Gasteiger partial charge is 0.355 e. The number of nitrogens with one attached hydrogen (secondary N) is 1. The van der Waals surface area contributed by atoms with Gasteiger partial charge in [0.05, 0.1) is 6.54 Å². The van der Waals surface area contributed by atoms with Crippen LogP contribution in [-0.4, -0.2) is 40.1 Å². The van der Waals surface area contributed by atoms with E-state index in [1.165, 1.54) is 16.7 Å². The van der Waals surface area contributed by atoms with Crippen molar-refractivity contribution in [3.05, 3.63) is 16.1 Å². The fourth-order valence-electron chi connectivity index (χ4n) is 2.35. The number of aromatic nitrogens is 1. The van der Waals surface area contributed by atoms with Gasteiger partial charge in [0.1, 0.15) is 5.01 Å². The van der Waals surface area contributed by atoms with E-state index in [1.807, 2.05) is 4.90 Å². The molecule has 1 aliphatic rings. The minimum atomic E-state index is -1.04. The summed E-state index contributed by atoms with van der Waals surface area (Å²) in [6.07, 6.45) is 2.14. The summed E-state index contributed by atoms with van der Waals surface area (Å²) >= 11 is 1.24. The monoisotopic (exact) mass is 297 g/mol. The average Bonchev–Trinajstić information content (AvgIpc) is 2.83. The summed E-state index contributed by atoms with van der Waals surface area (Å²) in [5, 5.41) is 13.7. The number of urea groups is 1. The Morgan fingerprint density at radius 2 is 2.30 bits per heavy atom. The molecule has 110 valence electrons. The molecule has 0 atom stereocenters. The first-order valence-corrected chi connectivity index (χ1v) is 7.46. The van der Waals surface area contributed by atoms with E-state index < -0.39 is 5.97 Å². The number of rotatable bonds is 3. The third-order valence-corrected chi connectivity index (χ3v) is 4.20. The van der Waals surface area contributed by atoms with Crippen molar-refractivity contribution in [2.75, 3.05) is 13.1 Å². The molecule has 7 heteroatoms. The highest BCUT2D eigenvalue weighted by molar-refractivity contribution is 7.09. The molecular formula is C13H19N3O3S. The van der Waals surface area contributed by atoms with Gasteiger partial charge in [-0.3, -0.25) is 0 Å². The molecule has 2 amide bonds. The molecule has 0 aliphatic carbocycles. The summed E-state index contributed by atoms with van der Waals surface area (Å²) in [7, 11) is 0. The zero-order valence-electron chi connectivity index (χ0n) is 11.7. The van der Waals surface area contributed by atoms with Crippen LogP contribution in [0.2, 0.25) is 0 Å². The van der Waals surface area contributed by atoms with E-state index in [9.17, 15) is 9.59 Å². The molecule has 1 aromatic heterocycles. The Morgan fingerprint density at radius 1 is 1.55 bits per heavy atom. The normalized spacial score (nSPS) is 17.8. The highest BCUT2D eigenvalue weighted by Crippen LogP contribution is 2.28. The lowest BCUT2D eigenvalue weighted by atomic mass is 9.84. The van der Waals surface area contributed by atoms with E-state index in [0.717, 1.165) is 25.9 Å². The Bertz CT molecular complexity index is 513. The first-order chi connectivity index (χ1) is 9.37. The van der Waals surface area contributed by atoms with Gasteiger partial charge in [0, 0.05) is 18.5 Å². The molecule has 0 spiro atoms. The summed E-state index contributed by atoms with van der Waals surface area (Å²) in [6, 6.07) is -0.107. The van der Waals surface area contributed by atoms with Crippen LogP contribution in [0.5, 0.6) is 0 Å². The quantitative estimate of drug-likeness (QED) is 0.895. The minimum absolute atomic E-state index is 0.0263. The van der Waals surface area contributed by atoms with Gasteiger partial charge in [-0.25, -0.2) is 14.6 Å².